The molecule has 16 heavy (non-hydrogen) atoms. The van der Waals surface area contributed by atoms with Gasteiger partial charge in [0.25, 0.3) is 0 Å². The van der Waals surface area contributed by atoms with Crippen LogP contribution in [0.25, 0.3) is 5.65 Å². The second-order valence-electron chi connectivity index (χ2n) is 3.13. The van der Waals surface area contributed by atoms with Gasteiger partial charge in [0.15, 0.2) is 11.5 Å². The molecule has 0 atom stereocenters. The first kappa shape index (κ1) is 11.2. The van der Waals surface area contributed by atoms with E-state index in [1.54, 1.807) is 0 Å². The Morgan fingerprint density at radius 1 is 1.38 bits per heavy atom. The fourth-order valence-electron chi connectivity index (χ4n) is 1.33. The summed E-state index contributed by atoms with van der Waals surface area (Å²) in [6.45, 7) is 0.235. The molecule has 0 saturated heterocycles. The maximum absolute atomic E-state index is 12.5. The van der Waals surface area contributed by atoms with E-state index in [1.807, 2.05) is 0 Å². The Morgan fingerprint density at radius 3 is 2.62 bits per heavy atom. The number of quaternary nitrogens is 1. The average Bonchev–Trinajstić information content (AvgIpc) is 2.59. The first-order chi connectivity index (χ1) is 7.43. The minimum Gasteiger partial charge on any atom is -0.351 e. The van der Waals surface area contributed by atoms with E-state index in [0.29, 0.717) is 5.82 Å². The summed E-state index contributed by atoms with van der Waals surface area (Å²) in [5.41, 5.74) is 2.92. The number of halogens is 4. The molecule has 3 N–H and O–H groups in total. The molecule has 86 valence electrons. The van der Waals surface area contributed by atoms with Crippen LogP contribution in [0, 0.1) is 0 Å². The predicted octanol–water partition coefficient (Wildman–Crippen LogP) is 1.14. The second kappa shape index (κ2) is 3.60. The molecule has 0 bridgehead atoms. The molecule has 0 saturated carbocycles. The van der Waals surface area contributed by atoms with Crippen molar-refractivity contribution in [3.8, 4) is 0 Å². The first-order valence-electron chi connectivity index (χ1n) is 4.33. The van der Waals surface area contributed by atoms with Crippen LogP contribution >= 0.6 is 11.6 Å². The molecule has 4 nitrogen and oxygen atoms in total. The summed E-state index contributed by atoms with van der Waals surface area (Å²) in [6.07, 6.45) is -3.53. The molecule has 0 aromatic carbocycles. The number of aromatic nitrogens is 3. The van der Waals surface area contributed by atoms with E-state index < -0.39 is 11.7 Å². The zero-order valence-corrected chi connectivity index (χ0v) is 8.68. The number of fused-ring (bicyclic) bond motifs is 1. The highest BCUT2D eigenvalue weighted by Crippen LogP contribution is 2.32. The lowest BCUT2D eigenvalue weighted by Crippen LogP contribution is -2.48. The van der Waals surface area contributed by atoms with Gasteiger partial charge in [-0.25, -0.2) is 0 Å². The summed E-state index contributed by atoms with van der Waals surface area (Å²) in [6, 6.07) is 0.832. The van der Waals surface area contributed by atoms with E-state index in [2.05, 4.69) is 15.9 Å². The molecule has 2 aromatic heterocycles. The van der Waals surface area contributed by atoms with Gasteiger partial charge in [-0.05, 0) is 6.07 Å². The molecule has 0 aliphatic rings. The number of hydrogen-bond donors (Lipinski definition) is 1. The van der Waals surface area contributed by atoms with Gasteiger partial charge in [0.1, 0.15) is 6.54 Å². The molecule has 0 unspecified atom stereocenters. The van der Waals surface area contributed by atoms with Crippen molar-refractivity contribution in [2.24, 2.45) is 0 Å². The highest BCUT2D eigenvalue weighted by molar-refractivity contribution is 6.33. The molecule has 2 rings (SSSR count). The van der Waals surface area contributed by atoms with Crippen LogP contribution in [0.5, 0.6) is 0 Å². The highest BCUT2D eigenvalue weighted by Gasteiger charge is 2.32. The van der Waals surface area contributed by atoms with Gasteiger partial charge < -0.3 is 5.73 Å². The van der Waals surface area contributed by atoms with Crippen molar-refractivity contribution < 1.29 is 18.9 Å². The van der Waals surface area contributed by atoms with Crippen LogP contribution in [0.1, 0.15) is 11.4 Å². The van der Waals surface area contributed by atoms with Crippen LogP contribution in [-0.2, 0) is 12.7 Å². The van der Waals surface area contributed by atoms with E-state index in [4.69, 9.17) is 11.6 Å². The molecule has 0 aliphatic carbocycles. The monoisotopic (exact) mass is 251 g/mol. The summed E-state index contributed by atoms with van der Waals surface area (Å²) >= 11 is 5.69. The van der Waals surface area contributed by atoms with Crippen LogP contribution in [0.4, 0.5) is 13.2 Å². The molecule has 2 heterocycles. The summed E-state index contributed by atoms with van der Waals surface area (Å²) in [4.78, 5) is 0. The van der Waals surface area contributed by atoms with Gasteiger partial charge in [-0.3, -0.25) is 4.40 Å². The third kappa shape index (κ3) is 1.72. The first-order valence-corrected chi connectivity index (χ1v) is 4.71. The molecule has 0 radical (unpaired) electrons. The van der Waals surface area contributed by atoms with Crippen molar-refractivity contribution >= 4 is 17.2 Å². The summed E-state index contributed by atoms with van der Waals surface area (Å²) in [5.74, 6) is 0.336. The summed E-state index contributed by atoms with van der Waals surface area (Å²) in [5, 5.41) is 7.30. The second-order valence-corrected chi connectivity index (χ2v) is 3.54. The molecule has 0 spiro atoms. The van der Waals surface area contributed by atoms with Crippen LogP contribution in [0.2, 0.25) is 5.02 Å². The minimum atomic E-state index is -4.44. The molecule has 2 aromatic rings. The Kier molecular flexibility index (Phi) is 2.51. The lowest BCUT2D eigenvalue weighted by atomic mass is 10.3. The lowest BCUT2D eigenvalue weighted by Gasteiger charge is -2.07. The SMILES string of the molecule is [NH3+]Cc1nnc2c(Cl)cc(C(F)(F)F)cn12. The number of alkyl halides is 3. The van der Waals surface area contributed by atoms with Crippen molar-refractivity contribution in [1.29, 1.82) is 0 Å². The van der Waals surface area contributed by atoms with Gasteiger partial charge in [-0.15, -0.1) is 10.2 Å². The van der Waals surface area contributed by atoms with E-state index in [0.717, 1.165) is 12.3 Å². The quantitative estimate of drug-likeness (QED) is 0.826. The van der Waals surface area contributed by atoms with Gasteiger partial charge in [0.2, 0.25) is 0 Å². The Morgan fingerprint density at radius 2 is 2.06 bits per heavy atom. The van der Waals surface area contributed by atoms with Gasteiger partial charge in [-0.1, -0.05) is 11.6 Å². The largest absolute Gasteiger partial charge is 0.417 e. The van der Waals surface area contributed by atoms with E-state index >= 15 is 0 Å². The Balaban J connectivity index is 2.73. The number of pyridine rings is 1. The Bertz CT molecular complexity index is 534. The molecule has 0 fully saturated rings. The lowest BCUT2D eigenvalue weighted by molar-refractivity contribution is -0.388. The van der Waals surface area contributed by atoms with Gasteiger partial charge >= 0.3 is 6.18 Å². The smallest absolute Gasteiger partial charge is 0.351 e. The molecule has 8 heteroatoms. The topological polar surface area (TPSA) is 57.8 Å². The van der Waals surface area contributed by atoms with E-state index in [9.17, 15) is 13.2 Å². The van der Waals surface area contributed by atoms with Crippen molar-refractivity contribution in [3.63, 3.8) is 0 Å². The Labute approximate surface area is 92.8 Å². The van der Waals surface area contributed by atoms with Crippen LogP contribution in [-0.4, -0.2) is 14.6 Å². The normalized spacial score (nSPS) is 12.3. The Hall–Kier alpha value is -1.34. The van der Waals surface area contributed by atoms with Crippen molar-refractivity contribution in [2.45, 2.75) is 12.7 Å². The molecular weight excluding hydrogens is 245 g/mol. The number of rotatable bonds is 1. The average molecular weight is 252 g/mol. The van der Waals surface area contributed by atoms with Gasteiger partial charge in [-0.2, -0.15) is 13.2 Å². The van der Waals surface area contributed by atoms with Crippen molar-refractivity contribution in [1.82, 2.24) is 14.6 Å². The zero-order valence-electron chi connectivity index (χ0n) is 7.92. The zero-order chi connectivity index (χ0) is 11.9. The molecule has 0 aliphatic heterocycles. The van der Waals surface area contributed by atoms with Gasteiger partial charge in [0.05, 0.1) is 10.6 Å². The number of nitrogens with zero attached hydrogens (tertiary/aromatic N) is 3. The van der Waals surface area contributed by atoms with Crippen LogP contribution < -0.4 is 5.73 Å². The maximum Gasteiger partial charge on any atom is 0.417 e. The third-order valence-corrected chi connectivity index (χ3v) is 2.36. The van der Waals surface area contributed by atoms with Crippen molar-refractivity contribution in [3.05, 3.63) is 28.7 Å². The van der Waals surface area contributed by atoms with Crippen LogP contribution in [0.15, 0.2) is 12.3 Å². The third-order valence-electron chi connectivity index (χ3n) is 2.08. The maximum atomic E-state index is 12.5. The van der Waals surface area contributed by atoms with Gasteiger partial charge in [0, 0.05) is 6.20 Å². The minimum absolute atomic E-state index is 0.0815. The highest BCUT2D eigenvalue weighted by atomic mass is 35.5. The summed E-state index contributed by atoms with van der Waals surface area (Å²) < 4.78 is 38.7. The molecule has 0 amide bonds. The number of hydrogen-bond acceptors (Lipinski definition) is 2. The molecular formula is C8H7ClF3N4+. The van der Waals surface area contributed by atoms with Crippen LogP contribution in [0.3, 0.4) is 0 Å². The standard InChI is InChI=1S/C8H6ClF3N4/c9-5-1-4(8(10,11)12)3-16-6(2-13)14-15-7(5)16/h1,3H,2,13H2/p+1. The predicted molar refractivity (Wildman–Crippen MR) is 49.6 cm³/mol. The fourth-order valence-corrected chi connectivity index (χ4v) is 1.57. The van der Waals surface area contributed by atoms with E-state index in [-0.39, 0.29) is 17.2 Å². The van der Waals surface area contributed by atoms with Crippen molar-refractivity contribution in [2.75, 3.05) is 0 Å². The fraction of sp³-hybridized carbons (Fsp3) is 0.250. The van der Waals surface area contributed by atoms with E-state index in [1.165, 1.54) is 4.40 Å². The summed E-state index contributed by atoms with van der Waals surface area (Å²) in [7, 11) is 0.